The van der Waals surface area contributed by atoms with E-state index in [4.69, 9.17) is 4.74 Å². The van der Waals surface area contributed by atoms with Crippen LogP contribution in [-0.4, -0.2) is 27.5 Å². The number of nitrogens with one attached hydrogen (secondary N) is 2. The first kappa shape index (κ1) is 18.9. The molecule has 2 unspecified atom stereocenters. The van der Waals surface area contributed by atoms with E-state index in [9.17, 15) is 13.2 Å². The summed E-state index contributed by atoms with van der Waals surface area (Å²) in [6.07, 6.45) is -0.0902. The molecule has 0 saturated carbocycles. The molecule has 2 atom stereocenters. The van der Waals surface area contributed by atoms with Gasteiger partial charge < -0.3 is 10.1 Å². The van der Waals surface area contributed by atoms with Crippen molar-refractivity contribution in [1.82, 2.24) is 10.0 Å². The normalized spacial score (nSPS) is 17.3. The van der Waals surface area contributed by atoms with Crippen molar-refractivity contribution in [3.63, 3.8) is 0 Å². The molecular weight excluding hydrogens is 420 g/mol. The maximum Gasteiger partial charge on any atom is 0.261 e. The molecule has 26 heavy (non-hydrogen) atoms. The van der Waals surface area contributed by atoms with Crippen LogP contribution in [0.1, 0.15) is 24.1 Å². The van der Waals surface area contributed by atoms with Crippen molar-refractivity contribution in [2.75, 3.05) is 7.05 Å². The Labute approximate surface area is 161 Å². The standard InChI is InChI=1S/C18H19BrN2O4S/c1-11(12-4-3-5-15(9-12)26(23,24)20-2)21-18(22)17-10-13-8-14(19)6-7-16(13)25-17/h3-9,11,17,20H,10H2,1-2H3,(H,21,22). The summed E-state index contributed by atoms with van der Waals surface area (Å²) in [5.74, 6) is 0.481. The molecule has 1 heterocycles. The summed E-state index contributed by atoms with van der Waals surface area (Å²) in [7, 11) is -2.17. The Balaban J connectivity index is 1.70. The topological polar surface area (TPSA) is 84.5 Å². The summed E-state index contributed by atoms with van der Waals surface area (Å²) in [6, 6.07) is 11.8. The van der Waals surface area contributed by atoms with Gasteiger partial charge in [0.2, 0.25) is 10.0 Å². The molecule has 0 aromatic heterocycles. The number of hydrogen-bond donors (Lipinski definition) is 2. The molecule has 3 rings (SSSR count). The summed E-state index contributed by atoms with van der Waals surface area (Å²) >= 11 is 3.41. The molecule has 0 aliphatic carbocycles. The van der Waals surface area contributed by atoms with Crippen LogP contribution in [0.4, 0.5) is 0 Å². The summed E-state index contributed by atoms with van der Waals surface area (Å²) in [5.41, 5.74) is 1.68. The average molecular weight is 439 g/mol. The number of halogens is 1. The van der Waals surface area contributed by atoms with Crippen molar-refractivity contribution in [2.24, 2.45) is 0 Å². The zero-order valence-electron chi connectivity index (χ0n) is 14.3. The van der Waals surface area contributed by atoms with E-state index in [-0.39, 0.29) is 16.8 Å². The van der Waals surface area contributed by atoms with Gasteiger partial charge in [-0.1, -0.05) is 28.1 Å². The van der Waals surface area contributed by atoms with Gasteiger partial charge in [0.1, 0.15) is 5.75 Å². The lowest BCUT2D eigenvalue weighted by Gasteiger charge is -2.18. The molecule has 2 aromatic carbocycles. The van der Waals surface area contributed by atoms with Gasteiger partial charge in [-0.15, -0.1) is 0 Å². The molecule has 6 nitrogen and oxygen atoms in total. The lowest BCUT2D eigenvalue weighted by molar-refractivity contribution is -0.127. The highest BCUT2D eigenvalue weighted by atomic mass is 79.9. The van der Waals surface area contributed by atoms with Gasteiger partial charge in [0.05, 0.1) is 10.9 Å². The van der Waals surface area contributed by atoms with Crippen molar-refractivity contribution in [3.05, 3.63) is 58.1 Å². The van der Waals surface area contributed by atoms with Gasteiger partial charge in [-0.2, -0.15) is 0 Å². The third kappa shape index (κ3) is 3.92. The van der Waals surface area contributed by atoms with Crippen LogP contribution in [0.25, 0.3) is 0 Å². The fraction of sp³-hybridized carbons (Fsp3) is 0.278. The Kier molecular flexibility index (Phi) is 5.36. The highest BCUT2D eigenvalue weighted by molar-refractivity contribution is 9.10. The van der Waals surface area contributed by atoms with Crippen molar-refractivity contribution >= 4 is 31.9 Å². The zero-order valence-corrected chi connectivity index (χ0v) is 16.7. The molecule has 0 radical (unpaired) electrons. The molecule has 138 valence electrons. The van der Waals surface area contributed by atoms with E-state index in [2.05, 4.69) is 26.0 Å². The van der Waals surface area contributed by atoms with Crippen molar-refractivity contribution < 1.29 is 17.9 Å². The molecule has 2 aromatic rings. The van der Waals surface area contributed by atoms with Crippen LogP contribution in [0.2, 0.25) is 0 Å². The molecule has 0 fully saturated rings. The molecule has 1 aliphatic heterocycles. The minimum atomic E-state index is -3.53. The van der Waals surface area contributed by atoms with Crippen LogP contribution in [0.5, 0.6) is 5.75 Å². The number of fused-ring (bicyclic) bond motifs is 1. The first-order chi connectivity index (χ1) is 12.3. The smallest absolute Gasteiger partial charge is 0.261 e. The molecule has 2 N–H and O–H groups in total. The molecule has 0 saturated heterocycles. The second kappa shape index (κ2) is 7.38. The minimum absolute atomic E-state index is 0.160. The zero-order chi connectivity index (χ0) is 18.9. The first-order valence-electron chi connectivity index (χ1n) is 8.09. The lowest BCUT2D eigenvalue weighted by atomic mass is 10.1. The Morgan fingerprint density at radius 3 is 2.77 bits per heavy atom. The van der Waals surface area contributed by atoms with E-state index >= 15 is 0 Å². The van der Waals surface area contributed by atoms with Gasteiger partial charge in [-0.05, 0) is 55.4 Å². The minimum Gasteiger partial charge on any atom is -0.480 e. The molecule has 1 amide bonds. The van der Waals surface area contributed by atoms with Crippen LogP contribution in [0, 0.1) is 0 Å². The fourth-order valence-corrected chi connectivity index (χ4v) is 4.02. The monoisotopic (exact) mass is 438 g/mol. The third-order valence-corrected chi connectivity index (χ3v) is 6.19. The maximum absolute atomic E-state index is 12.5. The van der Waals surface area contributed by atoms with Crippen molar-refractivity contribution in [1.29, 1.82) is 0 Å². The Morgan fingerprint density at radius 1 is 1.27 bits per heavy atom. The van der Waals surface area contributed by atoms with Crippen LogP contribution >= 0.6 is 15.9 Å². The number of rotatable bonds is 5. The van der Waals surface area contributed by atoms with Crippen molar-refractivity contribution in [3.8, 4) is 5.75 Å². The van der Waals surface area contributed by atoms with E-state index in [1.54, 1.807) is 18.2 Å². The summed E-state index contributed by atoms with van der Waals surface area (Å²) < 4.78 is 32.8. The van der Waals surface area contributed by atoms with Crippen LogP contribution < -0.4 is 14.8 Å². The predicted molar refractivity (Wildman–Crippen MR) is 102 cm³/mol. The number of sulfonamides is 1. The van der Waals surface area contributed by atoms with E-state index in [1.165, 1.54) is 13.1 Å². The summed E-state index contributed by atoms with van der Waals surface area (Å²) in [4.78, 5) is 12.7. The van der Waals surface area contributed by atoms with E-state index in [0.717, 1.165) is 10.0 Å². The Morgan fingerprint density at radius 2 is 2.04 bits per heavy atom. The molecule has 0 spiro atoms. The molecule has 0 bridgehead atoms. The lowest BCUT2D eigenvalue weighted by Crippen LogP contribution is -2.38. The van der Waals surface area contributed by atoms with Gasteiger partial charge in [0.15, 0.2) is 6.10 Å². The maximum atomic E-state index is 12.5. The molecular formula is C18H19BrN2O4S. The summed E-state index contributed by atoms with van der Waals surface area (Å²) in [5, 5.41) is 2.89. The first-order valence-corrected chi connectivity index (χ1v) is 10.4. The van der Waals surface area contributed by atoms with Gasteiger partial charge in [0, 0.05) is 10.9 Å². The predicted octanol–water partition coefficient (Wildman–Crippen LogP) is 2.54. The number of carbonyl (C=O) groups excluding carboxylic acids is 1. The fourth-order valence-electron chi connectivity index (χ4n) is 2.82. The van der Waals surface area contributed by atoms with E-state index in [0.29, 0.717) is 17.7 Å². The second-order valence-electron chi connectivity index (χ2n) is 6.07. The quantitative estimate of drug-likeness (QED) is 0.750. The number of amides is 1. The Hall–Kier alpha value is -1.90. The van der Waals surface area contributed by atoms with Gasteiger partial charge >= 0.3 is 0 Å². The highest BCUT2D eigenvalue weighted by Gasteiger charge is 2.30. The van der Waals surface area contributed by atoms with Gasteiger partial charge in [-0.3, -0.25) is 4.79 Å². The summed E-state index contributed by atoms with van der Waals surface area (Å²) in [6.45, 7) is 1.81. The van der Waals surface area contributed by atoms with Crippen LogP contribution in [0.15, 0.2) is 51.8 Å². The number of benzene rings is 2. The number of ether oxygens (including phenoxy) is 1. The number of carbonyl (C=O) groups is 1. The van der Waals surface area contributed by atoms with Gasteiger partial charge in [0.25, 0.3) is 5.91 Å². The second-order valence-corrected chi connectivity index (χ2v) is 8.88. The average Bonchev–Trinajstić information content (AvgIpc) is 3.05. The number of hydrogen-bond acceptors (Lipinski definition) is 4. The van der Waals surface area contributed by atoms with Crippen molar-refractivity contribution in [2.45, 2.75) is 30.4 Å². The largest absolute Gasteiger partial charge is 0.480 e. The Bertz CT molecular complexity index is 946. The van der Waals surface area contributed by atoms with E-state index < -0.39 is 16.1 Å². The SMILES string of the molecule is CNS(=O)(=O)c1cccc(C(C)NC(=O)C2Cc3cc(Br)ccc3O2)c1. The molecule has 1 aliphatic rings. The van der Waals surface area contributed by atoms with Crippen LogP contribution in [0.3, 0.4) is 0 Å². The molecule has 8 heteroatoms. The third-order valence-electron chi connectivity index (χ3n) is 4.29. The van der Waals surface area contributed by atoms with Gasteiger partial charge in [-0.25, -0.2) is 13.1 Å². The van der Waals surface area contributed by atoms with Crippen LogP contribution in [-0.2, 0) is 21.2 Å². The highest BCUT2D eigenvalue weighted by Crippen LogP contribution is 2.31. The van der Waals surface area contributed by atoms with E-state index in [1.807, 2.05) is 25.1 Å².